The first-order valence-electron chi connectivity index (χ1n) is 13.2. The number of carbonyl (C=O) groups is 1. The monoisotopic (exact) mass is 597 g/mol. The van der Waals surface area contributed by atoms with Gasteiger partial charge in [-0.2, -0.15) is 22.0 Å². The third kappa shape index (κ3) is 5.52. The van der Waals surface area contributed by atoms with Crippen molar-refractivity contribution in [3.63, 3.8) is 0 Å². The Bertz CT molecular complexity index is 1820. The molecule has 0 bridgehead atoms. The van der Waals surface area contributed by atoms with E-state index >= 15 is 0 Å². The van der Waals surface area contributed by atoms with Crippen LogP contribution in [0.5, 0.6) is 17.2 Å². The molecule has 222 valence electrons. The number of hydrogen-bond acceptors (Lipinski definition) is 5. The lowest BCUT2D eigenvalue weighted by atomic mass is 9.95. The van der Waals surface area contributed by atoms with E-state index in [1.165, 1.54) is 34.7 Å². The minimum atomic E-state index is -4.58. The Morgan fingerprint density at radius 1 is 1.00 bits per heavy atom. The molecule has 2 aromatic heterocycles. The van der Waals surface area contributed by atoms with Gasteiger partial charge >= 0.3 is 12.8 Å². The average molecular weight is 598 g/mol. The first kappa shape index (κ1) is 28.3. The fraction of sp³-hybridized carbons (Fsp3) is 0.226. The summed E-state index contributed by atoms with van der Waals surface area (Å²) < 4.78 is 84.0. The molecule has 1 aliphatic heterocycles. The van der Waals surface area contributed by atoms with Crippen molar-refractivity contribution in [1.82, 2.24) is 14.3 Å². The van der Waals surface area contributed by atoms with Gasteiger partial charge < -0.3 is 23.5 Å². The molecular formula is C31H24F5N3O4. The lowest BCUT2D eigenvalue weighted by Crippen LogP contribution is -2.43. The number of benzene rings is 3. The smallest absolute Gasteiger partial charge is 0.416 e. The van der Waals surface area contributed by atoms with E-state index in [0.717, 1.165) is 22.9 Å². The highest BCUT2D eigenvalue weighted by Crippen LogP contribution is 2.40. The fourth-order valence-electron chi connectivity index (χ4n) is 5.41. The lowest BCUT2D eigenvalue weighted by Gasteiger charge is -2.36. The summed E-state index contributed by atoms with van der Waals surface area (Å²) in [5.41, 5.74) is 0.466. The molecule has 1 aliphatic rings. The van der Waals surface area contributed by atoms with Crippen LogP contribution in [0.1, 0.15) is 28.6 Å². The first-order chi connectivity index (χ1) is 20.6. The van der Waals surface area contributed by atoms with Gasteiger partial charge in [0.15, 0.2) is 18.1 Å². The number of rotatable bonds is 7. The molecule has 6 rings (SSSR count). The van der Waals surface area contributed by atoms with Crippen LogP contribution in [0.25, 0.3) is 16.4 Å². The number of nitrogens with zero attached hydrogens (tertiary/aromatic N) is 3. The van der Waals surface area contributed by atoms with E-state index in [9.17, 15) is 26.7 Å². The van der Waals surface area contributed by atoms with Crippen molar-refractivity contribution < 1.29 is 41.0 Å². The topological polar surface area (TPSA) is 65.3 Å². The minimum Gasteiger partial charge on any atom is -0.493 e. The third-order valence-electron chi connectivity index (χ3n) is 7.35. The lowest BCUT2D eigenvalue weighted by molar-refractivity contribution is -0.137. The van der Waals surface area contributed by atoms with E-state index in [-0.39, 0.29) is 36.7 Å². The Hall–Kier alpha value is -4.87. The molecule has 0 saturated carbocycles. The zero-order chi connectivity index (χ0) is 30.3. The quantitative estimate of drug-likeness (QED) is 0.196. The van der Waals surface area contributed by atoms with Gasteiger partial charge in [0, 0.05) is 19.2 Å². The van der Waals surface area contributed by atoms with Crippen molar-refractivity contribution in [2.45, 2.75) is 25.3 Å². The van der Waals surface area contributed by atoms with Gasteiger partial charge in [0.25, 0.3) is 5.91 Å². The van der Waals surface area contributed by atoms with Crippen molar-refractivity contribution in [3.05, 3.63) is 102 Å². The average Bonchev–Trinajstić information content (AvgIpc) is 3.36. The van der Waals surface area contributed by atoms with E-state index in [0.29, 0.717) is 22.7 Å². The highest BCUT2D eigenvalue weighted by Gasteiger charge is 2.37. The largest absolute Gasteiger partial charge is 0.493 e. The van der Waals surface area contributed by atoms with E-state index < -0.39 is 30.3 Å². The molecule has 3 heterocycles. The number of carbonyl (C=O) groups excluding carboxylic acids is 1. The highest BCUT2D eigenvalue weighted by atomic mass is 19.4. The molecule has 0 fully saturated rings. The van der Waals surface area contributed by atoms with Crippen molar-refractivity contribution in [2.75, 3.05) is 20.3 Å². The summed E-state index contributed by atoms with van der Waals surface area (Å²) in [5, 5.41) is 1.94. The Labute approximate surface area is 242 Å². The second-order valence-corrected chi connectivity index (χ2v) is 9.91. The first-order valence-corrected chi connectivity index (χ1v) is 13.2. The molecule has 0 spiro atoms. The van der Waals surface area contributed by atoms with Gasteiger partial charge in [0.1, 0.15) is 11.4 Å². The van der Waals surface area contributed by atoms with E-state index in [1.807, 2.05) is 36.4 Å². The highest BCUT2D eigenvalue weighted by molar-refractivity contribution is 5.84. The van der Waals surface area contributed by atoms with Crippen LogP contribution in [0.2, 0.25) is 0 Å². The molecule has 0 saturated heterocycles. The number of alkyl halides is 5. The second kappa shape index (κ2) is 11.1. The normalized spacial score (nSPS) is 15.1. The summed E-state index contributed by atoms with van der Waals surface area (Å²) in [6.07, 6.45) is -3.07. The molecule has 12 heteroatoms. The Morgan fingerprint density at radius 3 is 2.53 bits per heavy atom. The van der Waals surface area contributed by atoms with Crippen molar-refractivity contribution in [2.24, 2.45) is 0 Å². The van der Waals surface area contributed by atoms with Crippen LogP contribution in [-0.4, -0.2) is 47.1 Å². The van der Waals surface area contributed by atoms with E-state index in [1.54, 1.807) is 12.1 Å². The van der Waals surface area contributed by atoms with Crippen LogP contribution in [0.15, 0.2) is 79.0 Å². The van der Waals surface area contributed by atoms with Crippen molar-refractivity contribution in [3.8, 4) is 17.2 Å². The summed E-state index contributed by atoms with van der Waals surface area (Å²) in [6, 6.07) is 18.4. The fourth-order valence-corrected chi connectivity index (χ4v) is 5.41. The number of halogens is 5. The van der Waals surface area contributed by atoms with Crippen LogP contribution in [0.4, 0.5) is 22.0 Å². The number of methoxy groups -OCH3 is 1. The maximum Gasteiger partial charge on any atom is 0.416 e. The second-order valence-electron chi connectivity index (χ2n) is 9.91. The SMILES string of the molecule is COc1ccc(C2c3c(nc4cc(C(F)(F)F)ccn34)CCN2C(=O)COc2ccc3ccccc3c2)cc1OC(F)F. The maximum atomic E-state index is 13.7. The predicted molar refractivity (Wildman–Crippen MR) is 147 cm³/mol. The Balaban J connectivity index is 1.40. The van der Waals surface area contributed by atoms with Crippen molar-refractivity contribution in [1.29, 1.82) is 0 Å². The predicted octanol–water partition coefficient (Wildman–Crippen LogP) is 6.67. The number of aromatic nitrogens is 2. The van der Waals surface area contributed by atoms with Gasteiger partial charge in [-0.1, -0.05) is 36.4 Å². The van der Waals surface area contributed by atoms with Gasteiger partial charge in [-0.15, -0.1) is 0 Å². The van der Waals surface area contributed by atoms with Gasteiger partial charge in [-0.25, -0.2) is 4.98 Å². The van der Waals surface area contributed by atoms with Crippen LogP contribution < -0.4 is 14.2 Å². The van der Waals surface area contributed by atoms with Gasteiger partial charge in [-0.3, -0.25) is 4.79 Å². The van der Waals surface area contributed by atoms with Crippen LogP contribution in [-0.2, 0) is 17.4 Å². The molecule has 0 N–H and O–H groups in total. The molecule has 43 heavy (non-hydrogen) atoms. The Morgan fingerprint density at radius 2 is 1.79 bits per heavy atom. The molecule has 5 aromatic rings. The molecule has 7 nitrogen and oxygen atoms in total. The molecular weight excluding hydrogens is 573 g/mol. The van der Waals surface area contributed by atoms with Crippen LogP contribution in [0, 0.1) is 0 Å². The molecule has 0 radical (unpaired) electrons. The summed E-state index contributed by atoms with van der Waals surface area (Å²) in [5.74, 6) is -0.147. The number of fused-ring (bicyclic) bond motifs is 4. The van der Waals surface area contributed by atoms with E-state index in [2.05, 4.69) is 9.72 Å². The summed E-state index contributed by atoms with van der Waals surface area (Å²) in [4.78, 5) is 19.6. The zero-order valence-corrected chi connectivity index (χ0v) is 22.6. The standard InChI is InChI=1S/C31H24F5N3O4/c1-41-24-9-7-20(15-25(24)43-30(32)33)28-29-23(37-26-16-21(31(34,35)36)10-12-38(26)29)11-13-39(28)27(40)17-42-22-8-6-18-4-2-3-5-19(18)14-22/h2-10,12,14-16,28,30H,11,13,17H2,1H3. The molecule has 1 unspecified atom stereocenters. The number of hydrogen-bond donors (Lipinski definition) is 0. The van der Waals surface area contributed by atoms with Gasteiger partial charge in [0.2, 0.25) is 0 Å². The zero-order valence-electron chi connectivity index (χ0n) is 22.6. The van der Waals surface area contributed by atoms with Gasteiger partial charge in [0.05, 0.1) is 30.1 Å². The number of ether oxygens (including phenoxy) is 3. The third-order valence-corrected chi connectivity index (χ3v) is 7.35. The van der Waals surface area contributed by atoms with E-state index in [4.69, 9.17) is 9.47 Å². The molecule has 0 aliphatic carbocycles. The molecule has 1 amide bonds. The minimum absolute atomic E-state index is 0.0455. The molecule has 1 atom stereocenters. The Kier molecular flexibility index (Phi) is 7.28. The maximum absolute atomic E-state index is 13.7. The van der Waals surface area contributed by atoms with Crippen LogP contribution in [0.3, 0.4) is 0 Å². The number of pyridine rings is 1. The number of amides is 1. The summed E-state index contributed by atoms with van der Waals surface area (Å²) in [7, 11) is 1.30. The molecule has 3 aromatic carbocycles. The van der Waals surface area contributed by atoms with Gasteiger partial charge in [-0.05, 0) is 52.7 Å². The summed E-state index contributed by atoms with van der Waals surface area (Å²) >= 11 is 0. The van der Waals surface area contributed by atoms with Crippen molar-refractivity contribution >= 4 is 22.3 Å². The summed E-state index contributed by atoms with van der Waals surface area (Å²) in [6.45, 7) is -3.32. The number of imidazole rings is 1. The van der Waals surface area contributed by atoms with Crippen LogP contribution >= 0.6 is 0 Å².